The molecule has 0 fully saturated rings. The van der Waals surface area contributed by atoms with E-state index in [4.69, 9.17) is 13.7 Å². The Morgan fingerprint density at radius 2 is 1.08 bits per heavy atom. The van der Waals surface area contributed by atoms with Crippen molar-refractivity contribution in [3.05, 3.63) is 161 Å². The summed E-state index contributed by atoms with van der Waals surface area (Å²) in [4.78, 5) is 0. The molecule has 0 aliphatic carbocycles. The standard InChI is InChI=1S/C17H22N.C16H20N.C14H16N/c1-13(2)11-15-8-9-16(14(3)12-15)17-7-5-6-10-18(17)4;1-12(2)14-8-9-15(13(3)11-14)16-7-5-6-10-17(16)4;1-11-7-8-12(2)13(10-11)14-6-4-5-9-15(14)3/h5-10,12-13H,11H2,1-4H3;5-12H,1-4H3;4-10H,1-3H3/q3*+1/i1D3,11D2,13D;1D3,12D;. The third-order valence-electron chi connectivity index (χ3n) is 8.60. The van der Waals surface area contributed by atoms with Crippen LogP contribution >= 0.6 is 0 Å². The van der Waals surface area contributed by atoms with E-state index in [0.717, 1.165) is 40.6 Å². The van der Waals surface area contributed by atoms with Crippen LogP contribution in [0.1, 0.15) is 80.5 Å². The highest BCUT2D eigenvalue weighted by Gasteiger charge is 2.14. The van der Waals surface area contributed by atoms with Gasteiger partial charge in [-0.2, -0.15) is 0 Å². The van der Waals surface area contributed by atoms with Crippen molar-refractivity contribution in [1.82, 2.24) is 0 Å². The van der Waals surface area contributed by atoms with Gasteiger partial charge in [-0.05, 0) is 110 Å². The number of rotatable bonds is 6. The molecule has 6 aromatic rings. The van der Waals surface area contributed by atoms with Crippen LogP contribution in [0.15, 0.2) is 128 Å². The van der Waals surface area contributed by atoms with Crippen LogP contribution < -0.4 is 13.7 Å². The minimum atomic E-state index is -2.73. The van der Waals surface area contributed by atoms with E-state index < -0.39 is 31.9 Å². The van der Waals surface area contributed by atoms with Crippen LogP contribution in [0.3, 0.4) is 0 Å². The number of aryl methyl sites for hydroxylation is 7. The van der Waals surface area contributed by atoms with Crippen molar-refractivity contribution >= 4 is 0 Å². The van der Waals surface area contributed by atoms with Gasteiger partial charge in [0.1, 0.15) is 21.1 Å². The van der Waals surface area contributed by atoms with Gasteiger partial charge in [-0.15, -0.1) is 0 Å². The maximum atomic E-state index is 8.25. The highest BCUT2D eigenvalue weighted by molar-refractivity contribution is 5.63. The van der Waals surface area contributed by atoms with Crippen molar-refractivity contribution in [2.75, 3.05) is 0 Å². The van der Waals surface area contributed by atoms with Crippen LogP contribution in [-0.4, -0.2) is 0 Å². The Hall–Kier alpha value is -4.89. The molecular formula is C47H58N3+3. The maximum Gasteiger partial charge on any atom is 0.212 e. The number of aromatic nitrogens is 3. The Morgan fingerprint density at radius 1 is 0.560 bits per heavy atom. The lowest BCUT2D eigenvalue weighted by Gasteiger charge is -2.09. The van der Waals surface area contributed by atoms with Gasteiger partial charge in [0.15, 0.2) is 18.6 Å². The van der Waals surface area contributed by atoms with Gasteiger partial charge >= 0.3 is 0 Å². The number of hydrogen-bond acceptors (Lipinski definition) is 0. The van der Waals surface area contributed by atoms with E-state index in [1.807, 2.05) is 98.0 Å². The lowest BCUT2D eigenvalue weighted by Crippen LogP contribution is -2.30. The van der Waals surface area contributed by atoms with Crippen LogP contribution in [0.2, 0.25) is 0 Å². The predicted molar refractivity (Wildman–Crippen MR) is 211 cm³/mol. The molecule has 0 aliphatic heterocycles. The summed E-state index contributed by atoms with van der Waals surface area (Å²) in [5.41, 5.74) is 11.8. The fraction of sp³-hybridized carbons (Fsp3) is 0.298. The van der Waals surface area contributed by atoms with Gasteiger partial charge < -0.3 is 0 Å². The topological polar surface area (TPSA) is 11.6 Å². The third kappa shape index (κ3) is 10.1. The Labute approximate surface area is 316 Å². The summed E-state index contributed by atoms with van der Waals surface area (Å²) in [6.07, 6.45) is 3.68. The fourth-order valence-corrected chi connectivity index (χ4v) is 5.85. The summed E-state index contributed by atoms with van der Waals surface area (Å²) in [7, 11) is 5.98. The van der Waals surface area contributed by atoms with Crippen LogP contribution in [0, 0.1) is 33.6 Å². The molecule has 3 aromatic heterocycles. The zero-order chi connectivity index (χ0) is 45.0. The summed E-state index contributed by atoms with van der Waals surface area (Å²) in [5.74, 6) is -3.85. The van der Waals surface area contributed by atoms with Gasteiger partial charge in [0, 0.05) is 66.8 Å². The summed E-state index contributed by atoms with van der Waals surface area (Å²) in [5, 5.41) is 0. The van der Waals surface area contributed by atoms with Gasteiger partial charge in [0.05, 0.1) is 0 Å². The summed E-state index contributed by atoms with van der Waals surface area (Å²) < 4.78 is 84.0. The lowest BCUT2D eigenvalue weighted by molar-refractivity contribution is -0.660. The van der Waals surface area contributed by atoms with Crippen LogP contribution in [0.4, 0.5) is 0 Å². The second-order valence-corrected chi connectivity index (χ2v) is 12.8. The molecule has 0 saturated heterocycles. The van der Waals surface area contributed by atoms with E-state index >= 15 is 0 Å². The summed E-state index contributed by atoms with van der Waals surface area (Å²) >= 11 is 0. The van der Waals surface area contributed by atoms with Crippen molar-refractivity contribution in [3.63, 3.8) is 0 Å². The Balaban J connectivity index is 0.000000203. The second kappa shape index (κ2) is 17.7. The number of nitrogens with zero attached hydrogens (tertiary/aromatic N) is 3. The number of benzene rings is 3. The van der Waals surface area contributed by atoms with E-state index in [-0.39, 0.29) is 5.56 Å². The molecule has 2 atom stereocenters. The average Bonchev–Trinajstić information content (AvgIpc) is 3.16. The molecule has 0 saturated carbocycles. The quantitative estimate of drug-likeness (QED) is 0.156. The molecule has 3 aromatic carbocycles. The third-order valence-corrected chi connectivity index (χ3v) is 8.60. The molecule has 0 amide bonds. The molecule has 2 unspecified atom stereocenters. The molecule has 3 heteroatoms. The van der Waals surface area contributed by atoms with Gasteiger partial charge in [0.2, 0.25) is 17.1 Å². The van der Waals surface area contributed by atoms with E-state index in [0.29, 0.717) is 5.56 Å². The molecule has 258 valence electrons. The predicted octanol–water partition coefficient (Wildman–Crippen LogP) is 10.1. The van der Waals surface area contributed by atoms with Gasteiger partial charge in [-0.3, -0.25) is 0 Å². The van der Waals surface area contributed by atoms with E-state index in [2.05, 4.69) is 68.1 Å². The first-order valence-corrected chi connectivity index (χ1v) is 16.9. The molecule has 0 aliphatic rings. The molecule has 0 N–H and O–H groups in total. The molecule has 50 heavy (non-hydrogen) atoms. The minimum Gasteiger partial charge on any atom is -0.201 e. The second-order valence-electron chi connectivity index (χ2n) is 12.8. The Bertz CT molecular complexity index is 2430. The first-order chi connectivity index (χ1) is 27.7. The summed E-state index contributed by atoms with van der Waals surface area (Å²) in [6, 6.07) is 35.1. The Morgan fingerprint density at radius 3 is 1.56 bits per heavy atom. The van der Waals surface area contributed by atoms with Crippen molar-refractivity contribution < 1.29 is 27.4 Å². The van der Waals surface area contributed by atoms with E-state index in [1.165, 1.54) is 29.3 Å². The van der Waals surface area contributed by atoms with Crippen molar-refractivity contribution in [3.8, 4) is 33.8 Å². The van der Waals surface area contributed by atoms with Gasteiger partial charge in [-0.1, -0.05) is 69.5 Å². The van der Waals surface area contributed by atoms with Crippen molar-refractivity contribution in [1.29, 1.82) is 0 Å². The molecule has 0 radical (unpaired) electrons. The fourth-order valence-electron chi connectivity index (χ4n) is 5.85. The highest BCUT2D eigenvalue weighted by Crippen LogP contribution is 2.25. The zero-order valence-corrected chi connectivity index (χ0v) is 31.0. The zero-order valence-electron chi connectivity index (χ0n) is 41.0. The van der Waals surface area contributed by atoms with E-state index in [1.54, 1.807) is 24.3 Å². The van der Waals surface area contributed by atoms with E-state index in [9.17, 15) is 0 Å². The number of hydrogen-bond donors (Lipinski definition) is 0. The number of pyridine rings is 3. The smallest absolute Gasteiger partial charge is 0.201 e. The molecule has 3 heterocycles. The first-order valence-electron chi connectivity index (χ1n) is 21.9. The molecule has 0 bridgehead atoms. The average molecular weight is 675 g/mol. The van der Waals surface area contributed by atoms with Crippen molar-refractivity contribution in [2.24, 2.45) is 27.0 Å². The first kappa shape index (κ1) is 26.0. The molecular weight excluding hydrogens is 607 g/mol. The molecule has 0 spiro atoms. The lowest BCUT2D eigenvalue weighted by atomic mass is 9.96. The van der Waals surface area contributed by atoms with Crippen LogP contribution in [0.5, 0.6) is 0 Å². The normalized spacial score (nSPS) is 16.8. The Kier molecular flexibility index (Phi) is 9.19. The van der Waals surface area contributed by atoms with Crippen molar-refractivity contribution in [2.45, 2.75) is 67.5 Å². The monoisotopic (exact) mass is 675 g/mol. The highest BCUT2D eigenvalue weighted by atomic mass is 14.9. The van der Waals surface area contributed by atoms with Gasteiger partial charge in [0.25, 0.3) is 0 Å². The van der Waals surface area contributed by atoms with Gasteiger partial charge in [-0.25, -0.2) is 13.7 Å². The SMILES string of the molecule is Cc1ccc(C)c(-c2cccc[n+]2C)c1.[2H]C([2H])([2H])C([2H])(C)C([2H])([2H])c1ccc(-c2cccc[n+]2C)c(C)c1.[2H]C([2H])([2H])C([2H])(C)c1ccc(-c2cccc[n+]2C)c(C)c1. The minimum absolute atomic E-state index is 0.205. The van der Waals surface area contributed by atoms with Crippen LogP contribution in [0.25, 0.3) is 33.8 Å². The van der Waals surface area contributed by atoms with Crippen LogP contribution in [-0.2, 0) is 27.5 Å². The molecule has 3 nitrogen and oxygen atoms in total. The maximum absolute atomic E-state index is 8.25. The largest absolute Gasteiger partial charge is 0.212 e. The molecule has 6 rings (SSSR count). The summed E-state index contributed by atoms with van der Waals surface area (Å²) in [6.45, 7) is 5.58.